The first-order valence-electron chi connectivity index (χ1n) is 9.21. The predicted molar refractivity (Wildman–Crippen MR) is 108 cm³/mol. The number of aromatic nitrogens is 1. The van der Waals surface area contributed by atoms with Gasteiger partial charge in [0.25, 0.3) is 0 Å². The number of nitrogens with zero attached hydrogens (tertiary/aromatic N) is 1. The number of nitrogens with one attached hydrogen (secondary N) is 1. The van der Waals surface area contributed by atoms with Crippen LogP contribution in [0.4, 0.5) is 9.18 Å². The minimum atomic E-state index is -0.647. The monoisotopic (exact) mass is 415 g/mol. The van der Waals surface area contributed by atoms with Gasteiger partial charge in [0.15, 0.2) is 5.76 Å². The molecule has 0 aliphatic carbocycles. The van der Waals surface area contributed by atoms with Gasteiger partial charge in [-0.2, -0.15) is 4.98 Å². The third-order valence-corrected chi connectivity index (χ3v) is 4.06. The first kappa shape index (κ1) is 21.0. The lowest BCUT2D eigenvalue weighted by molar-refractivity contribution is 0.210. The Morgan fingerprint density at radius 1 is 1.03 bits per heavy atom. The number of alkyl halides is 1. The summed E-state index contributed by atoms with van der Waals surface area (Å²) >= 11 is 0. The Labute approximate surface area is 172 Å². The van der Waals surface area contributed by atoms with Gasteiger partial charge in [-0.25, -0.2) is 9.18 Å². The number of rotatable bonds is 10. The van der Waals surface area contributed by atoms with E-state index in [0.717, 1.165) is 11.1 Å². The van der Waals surface area contributed by atoms with E-state index in [1.165, 1.54) is 0 Å². The molecule has 30 heavy (non-hydrogen) atoms. The van der Waals surface area contributed by atoms with E-state index < -0.39 is 12.7 Å². The lowest BCUT2D eigenvalue weighted by Gasteiger charge is -2.07. The molecule has 0 aliphatic heterocycles. The maximum Gasteiger partial charge on any atom is 0.394 e. The molecule has 0 atom stereocenters. The summed E-state index contributed by atoms with van der Waals surface area (Å²) in [6.45, 7) is -0.209. The lowest BCUT2D eigenvalue weighted by atomic mass is 10.1. The highest BCUT2D eigenvalue weighted by Crippen LogP contribution is 2.36. The van der Waals surface area contributed by atoms with E-state index >= 15 is 0 Å². The topological polar surface area (TPSA) is 109 Å². The van der Waals surface area contributed by atoms with E-state index in [9.17, 15) is 9.18 Å². The quantitative estimate of drug-likeness (QED) is 0.491. The minimum absolute atomic E-state index is 0.00804. The van der Waals surface area contributed by atoms with Crippen molar-refractivity contribution in [3.05, 3.63) is 48.5 Å². The van der Waals surface area contributed by atoms with Crippen molar-refractivity contribution in [3.8, 4) is 40.2 Å². The molecule has 158 valence electrons. The van der Waals surface area contributed by atoms with Gasteiger partial charge in [-0.05, 0) is 48.5 Å². The fourth-order valence-corrected chi connectivity index (χ4v) is 2.67. The molecule has 8 nitrogen and oxygen atoms in total. The van der Waals surface area contributed by atoms with Gasteiger partial charge in [0.1, 0.15) is 37.1 Å². The second kappa shape index (κ2) is 10.1. The first-order valence-corrected chi connectivity index (χ1v) is 9.21. The van der Waals surface area contributed by atoms with Crippen molar-refractivity contribution in [3.63, 3.8) is 0 Å². The van der Waals surface area contributed by atoms with Crippen molar-refractivity contribution in [1.82, 2.24) is 10.3 Å². The maximum absolute atomic E-state index is 12.5. The van der Waals surface area contributed by atoms with Gasteiger partial charge < -0.3 is 29.7 Å². The maximum atomic E-state index is 12.5. The van der Waals surface area contributed by atoms with E-state index in [1.54, 1.807) is 19.2 Å². The number of nitrogens with two attached hydrogens (primary N) is 1. The summed E-state index contributed by atoms with van der Waals surface area (Å²) in [5.41, 5.74) is 7.10. The Morgan fingerprint density at radius 2 is 1.70 bits per heavy atom. The van der Waals surface area contributed by atoms with Gasteiger partial charge in [0, 0.05) is 11.1 Å². The minimum Gasteiger partial charge on any atom is -0.497 e. The Kier molecular flexibility index (Phi) is 7.09. The van der Waals surface area contributed by atoms with E-state index in [-0.39, 0.29) is 19.3 Å². The Balaban J connectivity index is 1.82. The second-order valence-corrected chi connectivity index (χ2v) is 6.09. The van der Waals surface area contributed by atoms with Gasteiger partial charge in [-0.3, -0.25) is 0 Å². The number of carbonyl (C=O) groups is 1. The van der Waals surface area contributed by atoms with Crippen LogP contribution < -0.4 is 25.3 Å². The Hall–Kier alpha value is -3.75. The van der Waals surface area contributed by atoms with Gasteiger partial charge in [-0.15, -0.1) is 0 Å². The summed E-state index contributed by atoms with van der Waals surface area (Å²) < 4.78 is 34.2. The number of amides is 2. The molecule has 1 aromatic heterocycles. The van der Waals surface area contributed by atoms with Crippen molar-refractivity contribution in [2.45, 2.75) is 0 Å². The van der Waals surface area contributed by atoms with Crippen molar-refractivity contribution >= 4 is 6.03 Å². The summed E-state index contributed by atoms with van der Waals surface area (Å²) in [6.07, 6.45) is -0.00804. The van der Waals surface area contributed by atoms with Crippen molar-refractivity contribution in [2.75, 3.05) is 33.5 Å². The Bertz CT molecular complexity index is 958. The van der Waals surface area contributed by atoms with Crippen molar-refractivity contribution in [1.29, 1.82) is 0 Å². The van der Waals surface area contributed by atoms with Gasteiger partial charge in [0.05, 0.1) is 13.7 Å². The molecule has 3 N–H and O–H groups in total. The molecule has 0 aliphatic rings. The zero-order chi connectivity index (χ0) is 21.3. The predicted octanol–water partition coefficient (Wildman–Crippen LogP) is 3.41. The van der Waals surface area contributed by atoms with Crippen LogP contribution in [-0.4, -0.2) is 44.6 Å². The highest BCUT2D eigenvalue weighted by molar-refractivity contribution is 5.77. The number of hydrogen-bond acceptors (Lipinski definition) is 6. The van der Waals surface area contributed by atoms with Crippen LogP contribution in [0, 0.1) is 0 Å². The Morgan fingerprint density at radius 3 is 2.33 bits per heavy atom. The van der Waals surface area contributed by atoms with Crippen LogP contribution in [0.3, 0.4) is 0 Å². The van der Waals surface area contributed by atoms with Crippen molar-refractivity contribution in [2.24, 2.45) is 5.73 Å². The van der Waals surface area contributed by atoms with Crippen LogP contribution in [0.5, 0.6) is 17.6 Å². The van der Waals surface area contributed by atoms with Crippen LogP contribution in [0.2, 0.25) is 0 Å². The largest absolute Gasteiger partial charge is 0.497 e. The molecule has 0 saturated heterocycles. The van der Waals surface area contributed by atoms with Gasteiger partial charge in [0.2, 0.25) is 0 Å². The third-order valence-electron chi connectivity index (χ3n) is 4.06. The molecule has 0 unspecified atom stereocenters. The van der Waals surface area contributed by atoms with Crippen LogP contribution in [0.15, 0.2) is 52.9 Å². The van der Waals surface area contributed by atoms with E-state index in [1.807, 2.05) is 36.4 Å². The molecular weight excluding hydrogens is 393 g/mol. The molecule has 9 heteroatoms. The molecule has 3 aromatic rings. The van der Waals surface area contributed by atoms with Crippen LogP contribution in [0.25, 0.3) is 22.6 Å². The fraction of sp³-hybridized carbons (Fsp3) is 0.238. The summed E-state index contributed by atoms with van der Waals surface area (Å²) in [4.78, 5) is 15.0. The SMILES string of the molecule is COc1ccc(-c2nc(OCCF)oc2-c2ccc(OCCNC(N)=O)cc2)cc1. The van der Waals surface area contributed by atoms with Crippen LogP contribution in [0.1, 0.15) is 0 Å². The number of methoxy groups -OCH3 is 1. The average Bonchev–Trinajstić information content (AvgIpc) is 3.20. The summed E-state index contributed by atoms with van der Waals surface area (Å²) in [7, 11) is 1.59. The van der Waals surface area contributed by atoms with Crippen LogP contribution in [-0.2, 0) is 0 Å². The number of benzene rings is 2. The molecule has 2 amide bonds. The number of urea groups is 1. The lowest BCUT2D eigenvalue weighted by Crippen LogP contribution is -2.32. The zero-order valence-electron chi connectivity index (χ0n) is 16.4. The number of halogens is 1. The molecular formula is C21H22FN3O5. The van der Waals surface area contributed by atoms with E-state index in [4.69, 9.17) is 24.4 Å². The number of hydrogen-bond donors (Lipinski definition) is 2. The summed E-state index contributed by atoms with van der Waals surface area (Å²) in [5.74, 6) is 1.81. The standard InChI is InChI=1S/C21H22FN3O5/c1-27-16-6-2-14(3-7-16)18-19(30-21(25-18)29-12-10-22)15-4-8-17(9-5-15)28-13-11-24-20(23)26/h2-9H,10-13H2,1H3,(H3,23,24,26). The van der Waals surface area contributed by atoms with E-state index in [2.05, 4.69) is 10.3 Å². The molecule has 0 bridgehead atoms. The summed E-state index contributed by atoms with van der Waals surface area (Å²) in [5, 5.41) is 2.45. The first-order chi connectivity index (χ1) is 14.6. The van der Waals surface area contributed by atoms with Crippen LogP contribution >= 0.6 is 0 Å². The summed E-state index contributed by atoms with van der Waals surface area (Å²) in [6, 6.07) is 13.9. The zero-order valence-corrected chi connectivity index (χ0v) is 16.4. The molecule has 0 radical (unpaired) electrons. The molecule has 0 fully saturated rings. The number of oxazole rings is 1. The number of carbonyl (C=O) groups excluding carboxylic acids is 1. The third kappa shape index (κ3) is 5.40. The van der Waals surface area contributed by atoms with Gasteiger partial charge >= 0.3 is 12.1 Å². The highest BCUT2D eigenvalue weighted by atomic mass is 19.1. The van der Waals surface area contributed by atoms with Crippen molar-refractivity contribution < 1.29 is 27.8 Å². The van der Waals surface area contributed by atoms with Gasteiger partial charge in [-0.1, -0.05) is 0 Å². The average molecular weight is 415 g/mol. The normalized spacial score (nSPS) is 10.5. The smallest absolute Gasteiger partial charge is 0.394 e. The second-order valence-electron chi connectivity index (χ2n) is 6.09. The molecule has 0 saturated carbocycles. The molecule has 1 heterocycles. The molecule has 3 rings (SSSR count). The van der Waals surface area contributed by atoms with E-state index in [0.29, 0.717) is 29.5 Å². The molecule has 2 aromatic carbocycles. The molecule has 0 spiro atoms. The number of ether oxygens (including phenoxy) is 3. The fourth-order valence-electron chi connectivity index (χ4n) is 2.67. The highest BCUT2D eigenvalue weighted by Gasteiger charge is 2.18. The number of primary amides is 1.